The van der Waals surface area contributed by atoms with E-state index < -0.39 is 0 Å². The SMILES string of the molecule is Cc1cccc2c1[C@]1(CC2)CCc2cccc(P)c21. The Bertz CT molecular complexity index is 610. The van der Waals surface area contributed by atoms with Crippen LogP contribution in [0.25, 0.3) is 0 Å². The van der Waals surface area contributed by atoms with Gasteiger partial charge in [0, 0.05) is 5.41 Å². The van der Waals surface area contributed by atoms with Crippen molar-refractivity contribution in [3.05, 3.63) is 64.2 Å². The van der Waals surface area contributed by atoms with Crippen molar-refractivity contribution >= 4 is 14.5 Å². The van der Waals surface area contributed by atoms with Crippen LogP contribution in [0.4, 0.5) is 0 Å². The van der Waals surface area contributed by atoms with Gasteiger partial charge < -0.3 is 0 Å². The van der Waals surface area contributed by atoms with Crippen molar-refractivity contribution in [1.29, 1.82) is 0 Å². The van der Waals surface area contributed by atoms with Crippen LogP contribution < -0.4 is 5.30 Å². The minimum absolute atomic E-state index is 0.314. The number of fused-ring (bicyclic) bond motifs is 4. The highest BCUT2D eigenvalue weighted by Gasteiger charge is 2.46. The Morgan fingerprint density at radius 3 is 2.26 bits per heavy atom. The fourth-order valence-electron chi connectivity index (χ4n) is 4.48. The van der Waals surface area contributed by atoms with Gasteiger partial charge in [-0.15, -0.1) is 9.24 Å². The van der Waals surface area contributed by atoms with Crippen LogP contribution >= 0.6 is 9.24 Å². The molecule has 2 aromatic carbocycles. The third kappa shape index (κ3) is 1.44. The minimum atomic E-state index is 0.314. The van der Waals surface area contributed by atoms with Gasteiger partial charge in [-0.2, -0.15) is 0 Å². The molecule has 2 aromatic rings. The third-order valence-electron chi connectivity index (χ3n) is 5.14. The smallest absolute Gasteiger partial charge is 0.0223 e. The van der Waals surface area contributed by atoms with E-state index in [0.29, 0.717) is 5.41 Å². The summed E-state index contributed by atoms with van der Waals surface area (Å²) >= 11 is 0. The maximum Gasteiger partial charge on any atom is 0.0223 e. The van der Waals surface area contributed by atoms with E-state index in [4.69, 9.17) is 0 Å². The maximum absolute atomic E-state index is 2.97. The van der Waals surface area contributed by atoms with Crippen molar-refractivity contribution in [3.8, 4) is 0 Å². The van der Waals surface area contributed by atoms with Gasteiger partial charge in [-0.25, -0.2) is 0 Å². The van der Waals surface area contributed by atoms with E-state index in [2.05, 4.69) is 52.6 Å². The molecule has 1 spiro atoms. The molecule has 96 valence electrons. The van der Waals surface area contributed by atoms with Crippen LogP contribution in [-0.2, 0) is 18.3 Å². The largest absolute Gasteiger partial charge is 0.105 e. The molecule has 0 amide bonds. The van der Waals surface area contributed by atoms with Gasteiger partial charge in [0.1, 0.15) is 0 Å². The summed E-state index contributed by atoms with van der Waals surface area (Å²) in [4.78, 5) is 0. The molecule has 2 aliphatic rings. The van der Waals surface area contributed by atoms with Crippen molar-refractivity contribution in [2.24, 2.45) is 0 Å². The van der Waals surface area contributed by atoms with Crippen LogP contribution in [0.3, 0.4) is 0 Å². The number of benzene rings is 2. The molecule has 2 aliphatic carbocycles. The highest BCUT2D eigenvalue weighted by Crippen LogP contribution is 2.52. The van der Waals surface area contributed by atoms with Gasteiger partial charge in [0.2, 0.25) is 0 Å². The monoisotopic (exact) mass is 266 g/mol. The van der Waals surface area contributed by atoms with Crippen molar-refractivity contribution in [1.82, 2.24) is 0 Å². The van der Waals surface area contributed by atoms with Gasteiger partial charge in [0.25, 0.3) is 0 Å². The minimum Gasteiger partial charge on any atom is -0.105 e. The number of aryl methyl sites for hydroxylation is 3. The zero-order valence-corrected chi connectivity index (χ0v) is 12.5. The predicted octanol–water partition coefficient (Wildman–Crippen LogP) is 3.67. The summed E-state index contributed by atoms with van der Waals surface area (Å²) in [7, 11) is 2.97. The van der Waals surface area contributed by atoms with Gasteiger partial charge in [0.05, 0.1) is 0 Å². The first-order chi connectivity index (χ1) is 9.22. The van der Waals surface area contributed by atoms with E-state index in [0.717, 1.165) is 0 Å². The maximum atomic E-state index is 2.97. The molecule has 0 N–H and O–H groups in total. The van der Waals surface area contributed by atoms with Crippen LogP contribution in [0.5, 0.6) is 0 Å². The molecule has 0 nitrogen and oxygen atoms in total. The molecule has 2 atom stereocenters. The molecule has 0 saturated carbocycles. The van der Waals surface area contributed by atoms with Gasteiger partial charge in [-0.05, 0) is 65.7 Å². The second-order valence-corrected chi connectivity index (χ2v) is 6.69. The van der Waals surface area contributed by atoms with Crippen LogP contribution in [0.1, 0.15) is 40.7 Å². The van der Waals surface area contributed by atoms with Gasteiger partial charge in [-0.3, -0.25) is 0 Å². The van der Waals surface area contributed by atoms with E-state index >= 15 is 0 Å². The first-order valence-corrected chi connectivity index (χ1v) is 7.77. The standard InChI is InChI=1S/C18H19P/c1-12-4-2-5-13-8-10-18(16(12)13)11-9-14-6-3-7-15(19)17(14)18/h2-7H,8-11,19H2,1H3/t18-/m0/s1. The Kier molecular flexibility index (Phi) is 2.42. The molecule has 1 heteroatoms. The van der Waals surface area contributed by atoms with Crippen LogP contribution in [0.15, 0.2) is 36.4 Å². The van der Waals surface area contributed by atoms with Crippen molar-refractivity contribution in [2.45, 2.75) is 38.0 Å². The predicted molar refractivity (Wildman–Crippen MR) is 84.4 cm³/mol. The summed E-state index contributed by atoms with van der Waals surface area (Å²) in [5.74, 6) is 0. The topological polar surface area (TPSA) is 0 Å². The number of hydrogen-bond acceptors (Lipinski definition) is 0. The van der Waals surface area contributed by atoms with Crippen LogP contribution in [0.2, 0.25) is 0 Å². The van der Waals surface area contributed by atoms with Crippen LogP contribution in [0, 0.1) is 6.92 Å². The Balaban J connectivity index is 2.03. The summed E-state index contributed by atoms with van der Waals surface area (Å²) in [6.07, 6.45) is 5.08. The average Bonchev–Trinajstić information content (AvgIpc) is 2.96. The second-order valence-electron chi connectivity index (χ2n) is 6.07. The molecule has 1 unspecified atom stereocenters. The van der Waals surface area contributed by atoms with Crippen molar-refractivity contribution < 1.29 is 0 Å². The lowest BCUT2D eigenvalue weighted by Gasteiger charge is -2.29. The van der Waals surface area contributed by atoms with E-state index in [1.165, 1.54) is 36.6 Å². The first kappa shape index (κ1) is 11.7. The fourth-order valence-corrected chi connectivity index (χ4v) is 5.05. The average molecular weight is 266 g/mol. The molecule has 0 fully saturated rings. The first-order valence-electron chi connectivity index (χ1n) is 7.19. The van der Waals surface area contributed by atoms with Crippen molar-refractivity contribution in [2.75, 3.05) is 0 Å². The Labute approximate surface area is 117 Å². The van der Waals surface area contributed by atoms with Crippen molar-refractivity contribution in [3.63, 3.8) is 0 Å². The zero-order chi connectivity index (χ0) is 13.0. The molecule has 0 aromatic heterocycles. The molecule has 4 rings (SSSR count). The van der Waals surface area contributed by atoms with E-state index in [1.807, 2.05) is 0 Å². The van der Waals surface area contributed by atoms with Gasteiger partial charge in [0.15, 0.2) is 0 Å². The molecule has 0 heterocycles. The van der Waals surface area contributed by atoms with E-state index in [9.17, 15) is 0 Å². The molecule has 0 radical (unpaired) electrons. The lowest BCUT2D eigenvalue weighted by Crippen LogP contribution is -2.26. The molecule has 19 heavy (non-hydrogen) atoms. The van der Waals surface area contributed by atoms with Gasteiger partial charge >= 0.3 is 0 Å². The molecule has 0 bridgehead atoms. The summed E-state index contributed by atoms with van der Waals surface area (Å²) in [5, 5.41) is 1.41. The second kappa shape index (κ2) is 3.93. The lowest BCUT2D eigenvalue weighted by molar-refractivity contribution is 0.507. The normalized spacial score (nSPS) is 23.7. The molecule has 0 saturated heterocycles. The quantitative estimate of drug-likeness (QED) is 0.638. The highest BCUT2D eigenvalue weighted by molar-refractivity contribution is 7.27. The Morgan fingerprint density at radius 1 is 0.895 bits per heavy atom. The summed E-state index contributed by atoms with van der Waals surface area (Å²) in [6, 6.07) is 13.6. The highest BCUT2D eigenvalue weighted by atomic mass is 31.0. The van der Waals surface area contributed by atoms with Crippen LogP contribution in [-0.4, -0.2) is 0 Å². The summed E-state index contributed by atoms with van der Waals surface area (Å²) in [5.41, 5.74) is 8.21. The fraction of sp³-hybridized carbons (Fsp3) is 0.333. The third-order valence-corrected chi connectivity index (χ3v) is 5.62. The molecule has 0 aliphatic heterocycles. The molecular formula is C18H19P. The lowest BCUT2D eigenvalue weighted by atomic mass is 9.75. The Hall–Kier alpha value is -1.13. The number of rotatable bonds is 0. The summed E-state index contributed by atoms with van der Waals surface area (Å²) in [6.45, 7) is 2.29. The zero-order valence-electron chi connectivity index (χ0n) is 11.4. The Morgan fingerprint density at radius 2 is 1.53 bits per heavy atom. The van der Waals surface area contributed by atoms with E-state index in [1.54, 1.807) is 22.3 Å². The van der Waals surface area contributed by atoms with E-state index in [-0.39, 0.29) is 0 Å². The number of hydrogen-bond donors (Lipinski definition) is 0. The summed E-state index contributed by atoms with van der Waals surface area (Å²) < 4.78 is 0. The van der Waals surface area contributed by atoms with Gasteiger partial charge in [-0.1, -0.05) is 36.4 Å². The molecular weight excluding hydrogens is 247 g/mol.